The van der Waals surface area contributed by atoms with Crippen LogP contribution in [0, 0.1) is 0 Å². The van der Waals surface area contributed by atoms with Crippen LogP contribution < -0.4 is 10.5 Å². The quantitative estimate of drug-likeness (QED) is 0.745. The first-order valence-electron chi connectivity index (χ1n) is 5.40. The van der Waals surface area contributed by atoms with Gasteiger partial charge < -0.3 is 5.32 Å². The minimum atomic E-state index is -3.70. The standard InChI is InChI=1S/C10H17N3O4S2/c1-13(2)18(14,15)8-7-12-9-3-5-10(6-4-9)19(11,16)17/h3-6,12H,7-8H2,1-2H3,(H2,11,16,17). The molecule has 0 heterocycles. The summed E-state index contributed by atoms with van der Waals surface area (Å²) in [5, 5.41) is 7.86. The van der Waals surface area contributed by atoms with E-state index in [1.165, 1.54) is 38.4 Å². The van der Waals surface area contributed by atoms with Crippen LogP contribution in [0.25, 0.3) is 0 Å². The molecular formula is C10H17N3O4S2. The highest BCUT2D eigenvalue weighted by molar-refractivity contribution is 7.89. The van der Waals surface area contributed by atoms with Crippen molar-refractivity contribution < 1.29 is 16.8 Å². The highest BCUT2D eigenvalue weighted by Crippen LogP contribution is 2.12. The zero-order chi connectivity index (χ0) is 14.7. The van der Waals surface area contributed by atoms with Gasteiger partial charge >= 0.3 is 0 Å². The van der Waals surface area contributed by atoms with E-state index in [0.717, 1.165) is 4.31 Å². The molecule has 0 atom stereocenters. The summed E-state index contributed by atoms with van der Waals surface area (Å²) in [7, 11) is -4.01. The molecule has 0 saturated heterocycles. The lowest BCUT2D eigenvalue weighted by Crippen LogP contribution is -2.28. The second-order valence-corrected chi connectivity index (χ2v) is 7.96. The fourth-order valence-electron chi connectivity index (χ4n) is 1.27. The third kappa shape index (κ3) is 4.78. The van der Waals surface area contributed by atoms with Crippen LogP contribution >= 0.6 is 0 Å². The number of nitrogens with two attached hydrogens (primary N) is 1. The fraction of sp³-hybridized carbons (Fsp3) is 0.400. The Hall–Kier alpha value is -1.16. The summed E-state index contributed by atoms with van der Waals surface area (Å²) in [6.07, 6.45) is 0. The van der Waals surface area contributed by atoms with E-state index in [1.807, 2.05) is 0 Å². The summed E-state index contributed by atoms with van der Waals surface area (Å²) < 4.78 is 46.2. The number of nitrogens with one attached hydrogen (secondary N) is 1. The second-order valence-electron chi connectivity index (χ2n) is 4.09. The lowest BCUT2D eigenvalue weighted by molar-refractivity contribution is 0.521. The monoisotopic (exact) mass is 307 g/mol. The number of hydrogen-bond donors (Lipinski definition) is 2. The maximum Gasteiger partial charge on any atom is 0.238 e. The summed E-state index contributed by atoms with van der Waals surface area (Å²) in [5.41, 5.74) is 0.626. The predicted molar refractivity (Wildman–Crippen MR) is 73.8 cm³/mol. The number of anilines is 1. The number of nitrogens with zero attached hydrogens (tertiary/aromatic N) is 1. The smallest absolute Gasteiger partial charge is 0.238 e. The van der Waals surface area contributed by atoms with Crippen molar-refractivity contribution in [3.8, 4) is 0 Å². The van der Waals surface area contributed by atoms with E-state index in [-0.39, 0.29) is 17.2 Å². The molecule has 0 amide bonds. The van der Waals surface area contributed by atoms with Gasteiger partial charge in [0.2, 0.25) is 20.0 Å². The Morgan fingerprint density at radius 1 is 1.11 bits per heavy atom. The molecule has 108 valence electrons. The third-order valence-electron chi connectivity index (χ3n) is 2.43. The molecule has 19 heavy (non-hydrogen) atoms. The molecule has 0 bridgehead atoms. The average Bonchev–Trinajstić information content (AvgIpc) is 2.28. The van der Waals surface area contributed by atoms with Gasteiger partial charge in [-0.3, -0.25) is 0 Å². The number of benzene rings is 1. The van der Waals surface area contributed by atoms with Crippen LogP contribution in [0.1, 0.15) is 0 Å². The van der Waals surface area contributed by atoms with Gasteiger partial charge in [-0.05, 0) is 24.3 Å². The Morgan fingerprint density at radius 3 is 2.05 bits per heavy atom. The van der Waals surface area contributed by atoms with Gasteiger partial charge in [0.1, 0.15) is 0 Å². The maximum atomic E-state index is 11.5. The molecule has 1 aromatic rings. The molecule has 7 nitrogen and oxygen atoms in total. The fourth-order valence-corrected chi connectivity index (χ4v) is 2.51. The summed E-state index contributed by atoms with van der Waals surface area (Å²) in [5.74, 6) is -0.0447. The lowest BCUT2D eigenvalue weighted by Gasteiger charge is -2.12. The van der Waals surface area contributed by atoms with Gasteiger partial charge in [-0.1, -0.05) is 0 Å². The SMILES string of the molecule is CN(C)S(=O)(=O)CCNc1ccc(S(N)(=O)=O)cc1. The Labute approximate surface area is 113 Å². The van der Waals surface area contributed by atoms with Gasteiger partial charge in [0.25, 0.3) is 0 Å². The van der Waals surface area contributed by atoms with E-state index in [4.69, 9.17) is 5.14 Å². The molecule has 0 aromatic heterocycles. The van der Waals surface area contributed by atoms with Crippen LogP contribution in [-0.4, -0.2) is 47.5 Å². The average molecular weight is 307 g/mol. The van der Waals surface area contributed by atoms with Crippen molar-refractivity contribution in [3.63, 3.8) is 0 Å². The first-order chi connectivity index (χ1) is 8.63. The van der Waals surface area contributed by atoms with Crippen molar-refractivity contribution in [1.82, 2.24) is 4.31 Å². The normalized spacial score (nSPS) is 12.6. The third-order valence-corrected chi connectivity index (χ3v) is 5.19. The van der Waals surface area contributed by atoms with Crippen LogP contribution in [0.15, 0.2) is 29.2 Å². The van der Waals surface area contributed by atoms with E-state index in [9.17, 15) is 16.8 Å². The number of sulfonamides is 2. The molecule has 0 aliphatic carbocycles. The number of primary sulfonamides is 1. The molecule has 0 aliphatic rings. The Kier molecular flexibility index (Phi) is 4.91. The number of rotatable bonds is 6. The van der Waals surface area contributed by atoms with Gasteiger partial charge in [0, 0.05) is 26.3 Å². The van der Waals surface area contributed by atoms with Gasteiger partial charge in [0.05, 0.1) is 10.6 Å². The van der Waals surface area contributed by atoms with E-state index < -0.39 is 20.0 Å². The van der Waals surface area contributed by atoms with Crippen LogP contribution in [0.3, 0.4) is 0 Å². The molecule has 3 N–H and O–H groups in total. The molecule has 0 saturated carbocycles. The first-order valence-corrected chi connectivity index (χ1v) is 8.55. The van der Waals surface area contributed by atoms with Crippen molar-refractivity contribution in [3.05, 3.63) is 24.3 Å². The Balaban J connectivity index is 2.61. The van der Waals surface area contributed by atoms with Crippen molar-refractivity contribution in [2.24, 2.45) is 5.14 Å². The molecule has 1 aromatic carbocycles. The van der Waals surface area contributed by atoms with Gasteiger partial charge in [-0.25, -0.2) is 26.3 Å². The van der Waals surface area contributed by atoms with Crippen molar-refractivity contribution in [1.29, 1.82) is 0 Å². The van der Waals surface area contributed by atoms with Gasteiger partial charge in [-0.15, -0.1) is 0 Å². The minimum absolute atomic E-state index is 0.0129. The molecule has 0 fully saturated rings. The molecular weight excluding hydrogens is 290 g/mol. The van der Waals surface area contributed by atoms with E-state index in [0.29, 0.717) is 5.69 Å². The van der Waals surface area contributed by atoms with E-state index in [2.05, 4.69) is 5.32 Å². The molecule has 0 aliphatic heterocycles. The Bertz CT molecular complexity index is 621. The summed E-state index contributed by atoms with van der Waals surface area (Å²) in [6.45, 7) is 0.231. The first kappa shape index (κ1) is 15.9. The maximum absolute atomic E-state index is 11.5. The van der Waals surface area contributed by atoms with E-state index >= 15 is 0 Å². The van der Waals surface area contributed by atoms with Crippen molar-refractivity contribution >= 4 is 25.7 Å². The second kappa shape index (κ2) is 5.87. The Morgan fingerprint density at radius 2 is 1.63 bits per heavy atom. The molecule has 0 spiro atoms. The van der Waals surface area contributed by atoms with Crippen molar-refractivity contribution in [2.75, 3.05) is 31.7 Å². The van der Waals surface area contributed by atoms with Crippen molar-refractivity contribution in [2.45, 2.75) is 4.90 Å². The topological polar surface area (TPSA) is 110 Å². The zero-order valence-electron chi connectivity index (χ0n) is 10.7. The molecule has 9 heteroatoms. The highest BCUT2D eigenvalue weighted by atomic mass is 32.2. The summed E-state index contributed by atoms with van der Waals surface area (Å²) in [4.78, 5) is 0.0129. The molecule has 0 radical (unpaired) electrons. The van der Waals surface area contributed by atoms with Crippen LogP contribution in [0.4, 0.5) is 5.69 Å². The predicted octanol–water partition coefficient (Wildman–Crippen LogP) is -0.363. The summed E-state index contributed by atoms with van der Waals surface area (Å²) in [6, 6.07) is 5.78. The van der Waals surface area contributed by atoms with Gasteiger partial charge in [-0.2, -0.15) is 0 Å². The van der Waals surface area contributed by atoms with Gasteiger partial charge in [0.15, 0.2) is 0 Å². The molecule has 0 unspecified atom stereocenters. The minimum Gasteiger partial charge on any atom is -0.384 e. The zero-order valence-corrected chi connectivity index (χ0v) is 12.3. The largest absolute Gasteiger partial charge is 0.384 e. The highest BCUT2D eigenvalue weighted by Gasteiger charge is 2.12. The van der Waals surface area contributed by atoms with Crippen LogP contribution in [0.5, 0.6) is 0 Å². The van der Waals surface area contributed by atoms with Crippen LogP contribution in [-0.2, 0) is 20.0 Å². The lowest BCUT2D eigenvalue weighted by atomic mass is 10.3. The number of hydrogen-bond acceptors (Lipinski definition) is 5. The molecule has 1 rings (SSSR count). The summed E-state index contributed by atoms with van der Waals surface area (Å²) >= 11 is 0. The van der Waals surface area contributed by atoms with E-state index in [1.54, 1.807) is 0 Å². The van der Waals surface area contributed by atoms with Crippen LogP contribution in [0.2, 0.25) is 0 Å².